The minimum absolute atomic E-state index is 0.236. The molecule has 2 heteroatoms. The minimum Gasteiger partial charge on any atom is -0.309 e. The number of nitrogens with zero attached hydrogens (tertiary/aromatic N) is 1. The summed E-state index contributed by atoms with van der Waals surface area (Å²) in [6, 6.07) is 56.2. The summed E-state index contributed by atoms with van der Waals surface area (Å²) < 4.78 is 0. The lowest BCUT2D eigenvalue weighted by Gasteiger charge is -2.51. The Bertz CT molecular complexity index is 1420. The molecule has 1 aliphatic heterocycles. The van der Waals surface area contributed by atoms with Gasteiger partial charge in [-0.25, -0.2) is 0 Å². The third-order valence-electron chi connectivity index (χ3n) is 8.43. The molecule has 0 bridgehead atoms. The second kappa shape index (κ2) is 12.9. The molecule has 2 nitrogen and oxygen atoms in total. The zero-order valence-corrected chi connectivity index (χ0v) is 23.0. The number of likely N-dealkylation sites (tertiary alicyclic amines) is 1. The van der Waals surface area contributed by atoms with Crippen molar-refractivity contribution in [2.75, 3.05) is 6.54 Å². The monoisotopic (exact) mass is 522 g/mol. The molecular formula is C38H38N2. The van der Waals surface area contributed by atoms with Crippen molar-refractivity contribution >= 4 is 0 Å². The zero-order chi connectivity index (χ0) is 27.0. The normalized spacial score (nSPS) is 21.2. The summed E-state index contributed by atoms with van der Waals surface area (Å²) in [5.74, 6) is 0.308. The number of hydrogen-bond donors (Lipinski definition) is 1. The van der Waals surface area contributed by atoms with Crippen molar-refractivity contribution in [1.29, 1.82) is 0 Å². The third-order valence-corrected chi connectivity index (χ3v) is 8.43. The van der Waals surface area contributed by atoms with Gasteiger partial charge in [0, 0.05) is 37.1 Å². The van der Waals surface area contributed by atoms with E-state index in [9.17, 15) is 0 Å². The fourth-order valence-corrected chi connectivity index (χ4v) is 6.54. The lowest BCUT2D eigenvalue weighted by atomic mass is 9.73. The minimum atomic E-state index is 0.236. The van der Waals surface area contributed by atoms with E-state index < -0.39 is 0 Å². The Morgan fingerprint density at radius 3 is 1.57 bits per heavy atom. The topological polar surface area (TPSA) is 15.3 Å². The maximum absolute atomic E-state index is 4.05. The summed E-state index contributed by atoms with van der Waals surface area (Å²) >= 11 is 0. The van der Waals surface area contributed by atoms with E-state index in [0.717, 1.165) is 25.9 Å². The van der Waals surface area contributed by atoms with Gasteiger partial charge in [0.15, 0.2) is 0 Å². The van der Waals surface area contributed by atoms with Crippen molar-refractivity contribution in [3.63, 3.8) is 0 Å². The highest BCUT2D eigenvalue weighted by molar-refractivity contribution is 5.34. The second-order valence-corrected chi connectivity index (χ2v) is 10.9. The van der Waals surface area contributed by atoms with E-state index in [4.69, 9.17) is 0 Å². The molecule has 1 heterocycles. The van der Waals surface area contributed by atoms with Gasteiger partial charge in [0.25, 0.3) is 0 Å². The molecule has 200 valence electrons. The molecular weight excluding hydrogens is 484 g/mol. The molecule has 0 aromatic heterocycles. The molecule has 1 fully saturated rings. The summed E-state index contributed by atoms with van der Waals surface area (Å²) in [5.41, 5.74) is 6.90. The van der Waals surface area contributed by atoms with E-state index in [2.05, 4.69) is 162 Å². The highest BCUT2D eigenvalue weighted by atomic mass is 15.2. The number of benzene rings is 5. The summed E-state index contributed by atoms with van der Waals surface area (Å²) in [6.07, 6.45) is 2.08. The van der Waals surface area contributed by atoms with Crippen LogP contribution in [0.15, 0.2) is 152 Å². The zero-order valence-electron chi connectivity index (χ0n) is 23.0. The number of rotatable bonds is 9. The van der Waals surface area contributed by atoms with E-state index in [0.29, 0.717) is 18.0 Å². The first kappa shape index (κ1) is 26.3. The predicted octanol–water partition coefficient (Wildman–Crippen LogP) is 8.36. The Labute approximate surface area is 239 Å². The average molecular weight is 523 g/mol. The SMILES string of the molecule is c1ccc(CCN2[C@H](c3ccccc3)[C@H](c3ccccc3)[C@@H](NCc3ccccc3)C[C@H]2c2ccccc2)cc1. The molecule has 0 aliphatic carbocycles. The summed E-state index contributed by atoms with van der Waals surface area (Å²) in [6.45, 7) is 1.86. The molecule has 1 saturated heterocycles. The van der Waals surface area contributed by atoms with Crippen LogP contribution < -0.4 is 5.32 Å². The van der Waals surface area contributed by atoms with Crippen LogP contribution in [0.3, 0.4) is 0 Å². The van der Waals surface area contributed by atoms with Crippen LogP contribution in [0.25, 0.3) is 0 Å². The molecule has 5 aromatic rings. The van der Waals surface area contributed by atoms with Gasteiger partial charge in [-0.15, -0.1) is 0 Å². The Kier molecular flexibility index (Phi) is 8.48. The molecule has 0 radical (unpaired) electrons. The van der Waals surface area contributed by atoms with Crippen molar-refractivity contribution in [3.8, 4) is 0 Å². The first-order valence-corrected chi connectivity index (χ1v) is 14.6. The van der Waals surface area contributed by atoms with Gasteiger partial charge in [-0.05, 0) is 40.7 Å². The van der Waals surface area contributed by atoms with Crippen molar-refractivity contribution in [2.45, 2.75) is 43.4 Å². The molecule has 0 spiro atoms. The predicted molar refractivity (Wildman–Crippen MR) is 166 cm³/mol. The molecule has 1 aliphatic rings. The van der Waals surface area contributed by atoms with Gasteiger partial charge in [-0.2, -0.15) is 0 Å². The van der Waals surface area contributed by atoms with Crippen LogP contribution in [0.2, 0.25) is 0 Å². The standard InChI is InChI=1S/C38H38N2/c1-6-16-30(17-7-1)26-27-40-36(32-20-10-3-11-21-32)28-35(39-29-31-18-8-2-9-19-31)37(33-22-12-4-13-23-33)38(40)34-24-14-5-15-25-34/h1-25,35-39H,26-29H2/t35-,36-,37+,38+/m0/s1. The highest BCUT2D eigenvalue weighted by Gasteiger charge is 2.44. The molecule has 6 rings (SSSR count). The maximum Gasteiger partial charge on any atom is 0.0437 e. The molecule has 40 heavy (non-hydrogen) atoms. The number of nitrogens with one attached hydrogen (secondary N) is 1. The molecule has 4 atom stereocenters. The van der Waals surface area contributed by atoms with Crippen LogP contribution in [0.4, 0.5) is 0 Å². The van der Waals surface area contributed by atoms with Crippen molar-refractivity contribution in [2.24, 2.45) is 0 Å². The quantitative estimate of drug-likeness (QED) is 0.209. The van der Waals surface area contributed by atoms with Crippen molar-refractivity contribution in [1.82, 2.24) is 10.2 Å². The maximum atomic E-state index is 4.05. The first-order valence-electron chi connectivity index (χ1n) is 14.6. The Morgan fingerprint density at radius 2 is 1.00 bits per heavy atom. The van der Waals surface area contributed by atoms with Gasteiger partial charge in [0.05, 0.1) is 0 Å². The van der Waals surface area contributed by atoms with Gasteiger partial charge in [0.2, 0.25) is 0 Å². The van der Waals surface area contributed by atoms with E-state index >= 15 is 0 Å². The van der Waals surface area contributed by atoms with Gasteiger partial charge in [-0.1, -0.05) is 152 Å². The lowest BCUT2D eigenvalue weighted by molar-refractivity contribution is 0.0429. The van der Waals surface area contributed by atoms with Crippen LogP contribution in [-0.4, -0.2) is 17.5 Å². The van der Waals surface area contributed by atoms with Crippen LogP contribution in [0.1, 0.15) is 52.2 Å². The molecule has 0 amide bonds. The fraction of sp³-hybridized carbons (Fsp3) is 0.211. The van der Waals surface area contributed by atoms with Crippen LogP contribution in [-0.2, 0) is 13.0 Å². The second-order valence-electron chi connectivity index (χ2n) is 10.9. The van der Waals surface area contributed by atoms with Gasteiger partial charge in [-0.3, -0.25) is 4.90 Å². The van der Waals surface area contributed by atoms with E-state index in [-0.39, 0.29) is 6.04 Å². The summed E-state index contributed by atoms with van der Waals surface area (Å²) in [5, 5.41) is 4.05. The van der Waals surface area contributed by atoms with Gasteiger partial charge < -0.3 is 5.32 Å². The summed E-state index contributed by atoms with van der Waals surface area (Å²) in [4.78, 5) is 2.80. The largest absolute Gasteiger partial charge is 0.309 e. The van der Waals surface area contributed by atoms with Crippen LogP contribution in [0.5, 0.6) is 0 Å². The highest BCUT2D eigenvalue weighted by Crippen LogP contribution is 2.49. The van der Waals surface area contributed by atoms with E-state index in [1.165, 1.54) is 27.8 Å². The summed E-state index contributed by atoms with van der Waals surface area (Å²) in [7, 11) is 0. The fourth-order valence-electron chi connectivity index (χ4n) is 6.54. The Balaban J connectivity index is 1.44. The average Bonchev–Trinajstić information content (AvgIpc) is 3.04. The lowest BCUT2D eigenvalue weighted by Crippen LogP contribution is -2.51. The number of hydrogen-bond acceptors (Lipinski definition) is 2. The Hall–Kier alpha value is -3.98. The van der Waals surface area contributed by atoms with Crippen molar-refractivity contribution in [3.05, 3.63) is 179 Å². The van der Waals surface area contributed by atoms with E-state index in [1.807, 2.05) is 0 Å². The molecule has 0 saturated carbocycles. The molecule has 0 unspecified atom stereocenters. The molecule has 5 aromatic carbocycles. The Morgan fingerprint density at radius 1 is 0.525 bits per heavy atom. The van der Waals surface area contributed by atoms with Gasteiger partial charge >= 0.3 is 0 Å². The third kappa shape index (κ3) is 6.09. The molecule has 1 N–H and O–H groups in total. The van der Waals surface area contributed by atoms with Crippen molar-refractivity contribution < 1.29 is 0 Å². The number of piperidine rings is 1. The smallest absolute Gasteiger partial charge is 0.0437 e. The van der Waals surface area contributed by atoms with Gasteiger partial charge in [0.1, 0.15) is 0 Å². The van der Waals surface area contributed by atoms with Crippen LogP contribution in [0, 0.1) is 0 Å². The van der Waals surface area contributed by atoms with E-state index in [1.54, 1.807) is 0 Å². The first-order chi connectivity index (χ1) is 19.9. The van der Waals surface area contributed by atoms with Crippen LogP contribution >= 0.6 is 0 Å².